The van der Waals surface area contributed by atoms with Crippen molar-refractivity contribution in [2.45, 2.75) is 56.1 Å². The molecular formula is C28H32F3N3O2S. The van der Waals surface area contributed by atoms with E-state index in [1.807, 2.05) is 18.2 Å². The van der Waals surface area contributed by atoms with Gasteiger partial charge < -0.3 is 10.2 Å². The van der Waals surface area contributed by atoms with Crippen LogP contribution in [0, 0.1) is 0 Å². The molecule has 1 fully saturated rings. The molecule has 2 aliphatic heterocycles. The normalized spacial score (nSPS) is 19.7. The van der Waals surface area contributed by atoms with E-state index in [2.05, 4.69) is 17.1 Å². The number of fused-ring (bicyclic) bond motifs is 1. The first-order valence-electron chi connectivity index (χ1n) is 12.7. The van der Waals surface area contributed by atoms with Crippen LogP contribution >= 0.6 is 11.8 Å². The number of anilines is 1. The van der Waals surface area contributed by atoms with Crippen LogP contribution in [0.5, 0.6) is 0 Å². The number of carbonyl (C=O) groups is 2. The molecule has 37 heavy (non-hydrogen) atoms. The lowest BCUT2D eigenvalue weighted by molar-refractivity contribution is -0.137. The topological polar surface area (TPSA) is 52.7 Å². The van der Waals surface area contributed by atoms with E-state index in [4.69, 9.17) is 0 Å². The molecule has 0 aromatic heterocycles. The van der Waals surface area contributed by atoms with Gasteiger partial charge in [0.15, 0.2) is 0 Å². The third-order valence-electron chi connectivity index (χ3n) is 6.83. The summed E-state index contributed by atoms with van der Waals surface area (Å²) in [6.07, 6.45) is 2.88. The maximum Gasteiger partial charge on any atom is 0.416 e. The van der Waals surface area contributed by atoms with Crippen molar-refractivity contribution in [2.75, 3.05) is 31.1 Å². The molecule has 2 heterocycles. The quantitative estimate of drug-likeness (QED) is 0.338. The standard InChI is InChI=1S/C28H32F3N3O2S/c1-2-22-8-5-6-16-33(22)17-7-15-32-26(35)19-34-23-9-3-4-10-24(23)37-25(27(34)36)18-20-11-13-21(14-12-20)28(29,30)31/h3-4,9-14,18,22H,2,5-8,15-17,19H2,1H3,(H,32,35)/b25-18-/t22-/m1/s1. The highest BCUT2D eigenvalue weighted by atomic mass is 32.2. The number of piperidine rings is 1. The second-order valence-electron chi connectivity index (χ2n) is 9.39. The summed E-state index contributed by atoms with van der Waals surface area (Å²) < 4.78 is 38.7. The number of likely N-dealkylation sites (tertiary alicyclic amines) is 1. The van der Waals surface area contributed by atoms with E-state index in [9.17, 15) is 22.8 Å². The molecule has 2 aromatic rings. The molecule has 9 heteroatoms. The highest BCUT2D eigenvalue weighted by Gasteiger charge is 2.32. The number of thioether (sulfide) groups is 1. The Morgan fingerprint density at radius 3 is 2.62 bits per heavy atom. The Labute approximate surface area is 220 Å². The molecule has 2 aliphatic rings. The summed E-state index contributed by atoms with van der Waals surface area (Å²) in [5.41, 5.74) is 0.387. The first kappa shape index (κ1) is 27.3. The van der Waals surface area contributed by atoms with Crippen molar-refractivity contribution in [2.24, 2.45) is 0 Å². The van der Waals surface area contributed by atoms with Crippen LogP contribution < -0.4 is 10.2 Å². The summed E-state index contributed by atoms with van der Waals surface area (Å²) in [6, 6.07) is 12.6. The first-order valence-corrected chi connectivity index (χ1v) is 13.6. The lowest BCUT2D eigenvalue weighted by Crippen LogP contribution is -2.44. The summed E-state index contributed by atoms with van der Waals surface area (Å²) in [6.45, 7) is 4.69. The number of para-hydroxylation sites is 1. The van der Waals surface area contributed by atoms with Crippen molar-refractivity contribution < 1.29 is 22.8 Å². The number of alkyl halides is 3. The number of benzene rings is 2. The molecule has 0 bridgehead atoms. The zero-order chi connectivity index (χ0) is 26.4. The number of carbonyl (C=O) groups excluding carboxylic acids is 2. The van der Waals surface area contributed by atoms with E-state index in [1.54, 1.807) is 12.1 Å². The third-order valence-corrected chi connectivity index (χ3v) is 7.91. The Morgan fingerprint density at radius 1 is 1.14 bits per heavy atom. The van der Waals surface area contributed by atoms with Gasteiger partial charge in [-0.25, -0.2) is 0 Å². The fourth-order valence-electron chi connectivity index (χ4n) is 4.87. The average molecular weight is 532 g/mol. The van der Waals surface area contributed by atoms with Gasteiger partial charge >= 0.3 is 6.18 Å². The van der Waals surface area contributed by atoms with Gasteiger partial charge in [-0.1, -0.05) is 49.4 Å². The molecule has 4 rings (SSSR count). The van der Waals surface area contributed by atoms with Gasteiger partial charge in [0.25, 0.3) is 5.91 Å². The summed E-state index contributed by atoms with van der Waals surface area (Å²) in [5, 5.41) is 2.95. The van der Waals surface area contributed by atoms with E-state index in [1.165, 1.54) is 48.1 Å². The minimum atomic E-state index is -4.42. The van der Waals surface area contributed by atoms with Gasteiger partial charge in [-0.05, 0) is 68.1 Å². The molecule has 1 saturated heterocycles. The summed E-state index contributed by atoms with van der Waals surface area (Å²) in [4.78, 5) is 31.2. The van der Waals surface area contributed by atoms with Crippen LogP contribution in [-0.4, -0.2) is 48.9 Å². The predicted molar refractivity (Wildman–Crippen MR) is 141 cm³/mol. The van der Waals surface area contributed by atoms with Crippen LogP contribution in [0.1, 0.15) is 50.2 Å². The summed E-state index contributed by atoms with van der Waals surface area (Å²) in [7, 11) is 0. The molecule has 1 atom stereocenters. The molecule has 2 amide bonds. The van der Waals surface area contributed by atoms with Crippen LogP contribution in [0.15, 0.2) is 58.3 Å². The average Bonchev–Trinajstić information content (AvgIpc) is 2.89. The van der Waals surface area contributed by atoms with E-state index in [-0.39, 0.29) is 18.4 Å². The number of hydrogen-bond acceptors (Lipinski definition) is 4. The Hall–Kier alpha value is -2.78. The van der Waals surface area contributed by atoms with Gasteiger partial charge in [-0.3, -0.25) is 14.5 Å². The Bertz CT molecular complexity index is 1130. The number of rotatable bonds is 8. The Balaban J connectivity index is 1.40. The van der Waals surface area contributed by atoms with Crippen LogP contribution in [0.4, 0.5) is 18.9 Å². The van der Waals surface area contributed by atoms with Gasteiger partial charge in [0.2, 0.25) is 5.91 Å². The molecule has 0 spiro atoms. The molecule has 5 nitrogen and oxygen atoms in total. The van der Waals surface area contributed by atoms with Gasteiger partial charge in [0.05, 0.1) is 16.2 Å². The molecule has 0 radical (unpaired) electrons. The summed E-state index contributed by atoms with van der Waals surface area (Å²) >= 11 is 1.25. The van der Waals surface area contributed by atoms with Crippen LogP contribution in [0.3, 0.4) is 0 Å². The van der Waals surface area contributed by atoms with Crippen molar-refractivity contribution in [1.29, 1.82) is 0 Å². The molecule has 2 aromatic carbocycles. The Morgan fingerprint density at radius 2 is 1.89 bits per heavy atom. The van der Waals surface area contributed by atoms with E-state index < -0.39 is 11.7 Å². The highest BCUT2D eigenvalue weighted by molar-refractivity contribution is 8.04. The number of amides is 2. The zero-order valence-electron chi connectivity index (χ0n) is 20.9. The number of nitrogens with one attached hydrogen (secondary N) is 1. The molecular weight excluding hydrogens is 499 g/mol. The maximum absolute atomic E-state index is 13.3. The fourth-order valence-corrected chi connectivity index (χ4v) is 5.92. The van der Waals surface area contributed by atoms with Crippen molar-refractivity contribution in [3.63, 3.8) is 0 Å². The fraction of sp³-hybridized carbons (Fsp3) is 0.429. The van der Waals surface area contributed by atoms with Crippen molar-refractivity contribution in [1.82, 2.24) is 10.2 Å². The number of nitrogens with zero attached hydrogens (tertiary/aromatic N) is 2. The Kier molecular flexibility index (Phi) is 8.97. The van der Waals surface area contributed by atoms with Crippen molar-refractivity contribution in [3.05, 3.63) is 64.6 Å². The van der Waals surface area contributed by atoms with E-state index in [0.717, 1.165) is 43.0 Å². The van der Waals surface area contributed by atoms with Crippen LogP contribution in [0.2, 0.25) is 0 Å². The van der Waals surface area contributed by atoms with Crippen molar-refractivity contribution in [3.8, 4) is 0 Å². The molecule has 1 N–H and O–H groups in total. The van der Waals surface area contributed by atoms with Gasteiger partial charge in [-0.15, -0.1) is 0 Å². The van der Waals surface area contributed by atoms with Crippen LogP contribution in [-0.2, 0) is 15.8 Å². The minimum Gasteiger partial charge on any atom is -0.355 e. The van der Waals surface area contributed by atoms with Gasteiger partial charge in [-0.2, -0.15) is 13.2 Å². The number of halogens is 3. The van der Waals surface area contributed by atoms with Gasteiger partial charge in [0.1, 0.15) is 6.54 Å². The molecule has 0 aliphatic carbocycles. The first-order chi connectivity index (χ1) is 17.8. The lowest BCUT2D eigenvalue weighted by atomic mass is 10.00. The highest BCUT2D eigenvalue weighted by Crippen LogP contribution is 2.42. The third kappa shape index (κ3) is 6.96. The predicted octanol–water partition coefficient (Wildman–Crippen LogP) is 5.96. The molecule has 0 unspecified atom stereocenters. The maximum atomic E-state index is 13.3. The van der Waals surface area contributed by atoms with E-state index in [0.29, 0.717) is 28.7 Å². The smallest absolute Gasteiger partial charge is 0.355 e. The zero-order valence-corrected chi connectivity index (χ0v) is 21.7. The minimum absolute atomic E-state index is 0.123. The van der Waals surface area contributed by atoms with Crippen LogP contribution in [0.25, 0.3) is 6.08 Å². The second-order valence-corrected chi connectivity index (χ2v) is 10.5. The SMILES string of the molecule is CC[C@@H]1CCCCN1CCCNC(=O)CN1C(=O)/C(=C/c2ccc(C(F)(F)F)cc2)Sc2ccccc21. The summed E-state index contributed by atoms with van der Waals surface area (Å²) in [5.74, 6) is -0.590. The van der Waals surface area contributed by atoms with E-state index >= 15 is 0 Å². The molecule has 198 valence electrons. The molecule has 0 saturated carbocycles. The van der Waals surface area contributed by atoms with Gasteiger partial charge in [0, 0.05) is 24.0 Å². The second kappa shape index (κ2) is 12.2. The monoisotopic (exact) mass is 531 g/mol. The largest absolute Gasteiger partial charge is 0.416 e. The number of hydrogen-bond donors (Lipinski definition) is 1. The van der Waals surface area contributed by atoms with Crippen molar-refractivity contribution >= 4 is 35.3 Å². The lowest BCUT2D eigenvalue weighted by Gasteiger charge is -2.35.